The van der Waals surface area contributed by atoms with E-state index in [0.29, 0.717) is 12.1 Å². The van der Waals surface area contributed by atoms with Crippen LogP contribution in [-0.4, -0.2) is 21.6 Å². The quantitative estimate of drug-likeness (QED) is 0.885. The topological polar surface area (TPSA) is 76.0 Å². The predicted molar refractivity (Wildman–Crippen MR) is 91.6 cm³/mol. The Balaban J connectivity index is 1.58. The Labute approximate surface area is 141 Å². The Morgan fingerprint density at radius 2 is 1.88 bits per heavy atom. The molecule has 6 heteroatoms. The van der Waals surface area contributed by atoms with E-state index in [0.717, 1.165) is 35.5 Å². The van der Waals surface area contributed by atoms with Crippen molar-refractivity contribution in [1.29, 1.82) is 0 Å². The molecule has 24 heavy (non-hydrogen) atoms. The third-order valence-electron chi connectivity index (χ3n) is 4.36. The molecule has 1 saturated carbocycles. The van der Waals surface area contributed by atoms with E-state index in [2.05, 4.69) is 15.7 Å². The number of carbonyl (C=O) groups excluding carboxylic acids is 2. The number of benzene rings is 1. The lowest BCUT2D eigenvalue weighted by atomic mass is 10.1. The molecule has 1 heterocycles. The van der Waals surface area contributed by atoms with Crippen molar-refractivity contribution < 1.29 is 9.59 Å². The lowest BCUT2D eigenvalue weighted by molar-refractivity contribution is -0.117. The van der Waals surface area contributed by atoms with E-state index in [-0.39, 0.29) is 17.7 Å². The van der Waals surface area contributed by atoms with Gasteiger partial charge in [-0.3, -0.25) is 14.3 Å². The second-order valence-electron chi connectivity index (χ2n) is 6.31. The van der Waals surface area contributed by atoms with E-state index >= 15 is 0 Å². The number of anilines is 1. The van der Waals surface area contributed by atoms with E-state index in [1.54, 1.807) is 4.68 Å². The summed E-state index contributed by atoms with van der Waals surface area (Å²) in [4.78, 5) is 24.1. The molecule has 1 aromatic carbocycles. The number of carbonyl (C=O) groups is 2. The van der Waals surface area contributed by atoms with Crippen LogP contribution in [0.5, 0.6) is 0 Å². The van der Waals surface area contributed by atoms with Crippen LogP contribution >= 0.6 is 0 Å². The molecule has 1 fully saturated rings. The number of aryl methyl sites for hydroxylation is 2. The van der Waals surface area contributed by atoms with Crippen LogP contribution in [0.25, 0.3) is 0 Å². The number of nitrogens with zero attached hydrogens (tertiary/aromatic N) is 2. The molecule has 0 saturated heterocycles. The first-order chi connectivity index (χ1) is 11.5. The molecule has 0 aliphatic heterocycles. The molecule has 1 aliphatic carbocycles. The van der Waals surface area contributed by atoms with Gasteiger partial charge in [0.05, 0.1) is 11.3 Å². The standard InChI is InChI=1S/C18H22N4O2/c1-11-16(12(2)22(3)21-11)18(24)19-10-13-4-8-15(9-5-13)20-17(23)14-6-7-14/h4-5,8-9,14H,6-7,10H2,1-3H3,(H,19,24)(H,20,23). The van der Waals surface area contributed by atoms with Gasteiger partial charge in [-0.25, -0.2) is 0 Å². The van der Waals surface area contributed by atoms with Gasteiger partial charge in [-0.05, 0) is 44.4 Å². The largest absolute Gasteiger partial charge is 0.348 e. The first kappa shape index (κ1) is 16.2. The van der Waals surface area contributed by atoms with Crippen LogP contribution in [0.1, 0.15) is 40.2 Å². The SMILES string of the molecule is Cc1nn(C)c(C)c1C(=O)NCc1ccc(NC(=O)C2CC2)cc1. The molecule has 2 aromatic rings. The molecule has 0 atom stereocenters. The zero-order valence-corrected chi connectivity index (χ0v) is 14.2. The van der Waals surface area contributed by atoms with E-state index < -0.39 is 0 Å². The van der Waals surface area contributed by atoms with E-state index in [1.165, 1.54) is 0 Å². The lowest BCUT2D eigenvalue weighted by Gasteiger charge is -2.08. The molecule has 0 bridgehead atoms. The molecule has 0 spiro atoms. The molecular formula is C18H22N4O2. The van der Waals surface area contributed by atoms with Crippen LogP contribution in [-0.2, 0) is 18.4 Å². The van der Waals surface area contributed by atoms with Crippen molar-refractivity contribution in [2.45, 2.75) is 33.2 Å². The average molecular weight is 326 g/mol. The van der Waals surface area contributed by atoms with Crippen LogP contribution < -0.4 is 10.6 Å². The highest BCUT2D eigenvalue weighted by molar-refractivity contribution is 5.96. The van der Waals surface area contributed by atoms with Gasteiger partial charge in [0.2, 0.25) is 5.91 Å². The third-order valence-corrected chi connectivity index (χ3v) is 4.36. The summed E-state index contributed by atoms with van der Waals surface area (Å²) in [6.45, 7) is 4.15. The van der Waals surface area contributed by atoms with Crippen LogP contribution in [0.4, 0.5) is 5.69 Å². The van der Waals surface area contributed by atoms with Gasteiger partial charge in [0.1, 0.15) is 0 Å². The maximum absolute atomic E-state index is 12.3. The van der Waals surface area contributed by atoms with E-state index in [9.17, 15) is 9.59 Å². The summed E-state index contributed by atoms with van der Waals surface area (Å²) in [5, 5.41) is 10.1. The van der Waals surface area contributed by atoms with Crippen molar-refractivity contribution in [3.05, 3.63) is 46.8 Å². The van der Waals surface area contributed by atoms with Crippen molar-refractivity contribution in [2.24, 2.45) is 13.0 Å². The summed E-state index contributed by atoms with van der Waals surface area (Å²) < 4.78 is 1.71. The van der Waals surface area contributed by atoms with Crippen molar-refractivity contribution in [1.82, 2.24) is 15.1 Å². The van der Waals surface area contributed by atoms with Gasteiger partial charge in [-0.1, -0.05) is 12.1 Å². The number of aromatic nitrogens is 2. The first-order valence-electron chi connectivity index (χ1n) is 8.14. The van der Waals surface area contributed by atoms with E-state index in [4.69, 9.17) is 0 Å². The minimum Gasteiger partial charge on any atom is -0.348 e. The summed E-state index contributed by atoms with van der Waals surface area (Å²) in [5.74, 6) is 0.165. The summed E-state index contributed by atoms with van der Waals surface area (Å²) in [5.41, 5.74) is 3.98. The van der Waals surface area contributed by atoms with E-state index in [1.807, 2.05) is 45.2 Å². The molecule has 6 nitrogen and oxygen atoms in total. The monoisotopic (exact) mass is 326 g/mol. The average Bonchev–Trinajstić information content (AvgIpc) is 3.35. The highest BCUT2D eigenvalue weighted by Gasteiger charge is 2.29. The molecule has 1 aliphatic rings. The third kappa shape index (κ3) is 3.48. The Hall–Kier alpha value is -2.63. The van der Waals surface area contributed by atoms with Gasteiger partial charge in [-0.2, -0.15) is 5.10 Å². The zero-order chi connectivity index (χ0) is 17.3. The molecule has 0 radical (unpaired) electrons. The highest BCUT2D eigenvalue weighted by atomic mass is 16.2. The van der Waals surface area contributed by atoms with Gasteiger partial charge in [-0.15, -0.1) is 0 Å². The number of rotatable bonds is 5. The molecular weight excluding hydrogens is 304 g/mol. The highest BCUT2D eigenvalue weighted by Crippen LogP contribution is 2.30. The zero-order valence-electron chi connectivity index (χ0n) is 14.2. The van der Waals surface area contributed by atoms with Gasteiger partial charge in [0.25, 0.3) is 5.91 Å². The summed E-state index contributed by atoms with van der Waals surface area (Å²) in [6.07, 6.45) is 1.98. The summed E-state index contributed by atoms with van der Waals surface area (Å²) >= 11 is 0. The van der Waals surface area contributed by atoms with Gasteiger partial charge < -0.3 is 10.6 Å². The molecule has 126 valence electrons. The maximum atomic E-state index is 12.3. The van der Waals surface area contributed by atoms with Crippen molar-refractivity contribution >= 4 is 17.5 Å². The molecule has 2 N–H and O–H groups in total. The van der Waals surface area contributed by atoms with Crippen molar-refractivity contribution in [2.75, 3.05) is 5.32 Å². The fourth-order valence-electron chi connectivity index (χ4n) is 2.67. The second kappa shape index (κ2) is 6.47. The molecule has 3 rings (SSSR count). The Kier molecular flexibility index (Phi) is 4.38. The van der Waals surface area contributed by atoms with Gasteiger partial charge >= 0.3 is 0 Å². The van der Waals surface area contributed by atoms with Crippen LogP contribution in [0, 0.1) is 19.8 Å². The maximum Gasteiger partial charge on any atom is 0.255 e. The minimum absolute atomic E-state index is 0.0959. The Bertz CT molecular complexity index is 773. The normalized spacial score (nSPS) is 13.6. The van der Waals surface area contributed by atoms with Crippen LogP contribution in [0.3, 0.4) is 0 Å². The molecule has 2 amide bonds. The Morgan fingerprint density at radius 3 is 2.42 bits per heavy atom. The number of hydrogen-bond acceptors (Lipinski definition) is 3. The van der Waals surface area contributed by atoms with Crippen molar-refractivity contribution in [3.8, 4) is 0 Å². The second-order valence-corrected chi connectivity index (χ2v) is 6.31. The summed E-state index contributed by atoms with van der Waals surface area (Å²) in [6, 6.07) is 7.54. The fraction of sp³-hybridized carbons (Fsp3) is 0.389. The number of nitrogens with one attached hydrogen (secondary N) is 2. The number of hydrogen-bond donors (Lipinski definition) is 2. The summed E-state index contributed by atoms with van der Waals surface area (Å²) in [7, 11) is 1.83. The smallest absolute Gasteiger partial charge is 0.255 e. The van der Waals surface area contributed by atoms with Crippen LogP contribution in [0.2, 0.25) is 0 Å². The number of amides is 2. The van der Waals surface area contributed by atoms with Gasteiger partial charge in [0, 0.05) is 30.9 Å². The predicted octanol–water partition coefficient (Wildman–Crippen LogP) is 2.32. The minimum atomic E-state index is -0.121. The van der Waals surface area contributed by atoms with Crippen molar-refractivity contribution in [3.63, 3.8) is 0 Å². The first-order valence-corrected chi connectivity index (χ1v) is 8.14. The fourth-order valence-corrected chi connectivity index (χ4v) is 2.67. The Morgan fingerprint density at radius 1 is 1.21 bits per heavy atom. The van der Waals surface area contributed by atoms with Gasteiger partial charge in [0.15, 0.2) is 0 Å². The molecule has 1 aromatic heterocycles. The van der Waals surface area contributed by atoms with Crippen LogP contribution in [0.15, 0.2) is 24.3 Å². The molecule has 0 unspecified atom stereocenters. The lowest BCUT2D eigenvalue weighted by Crippen LogP contribution is -2.24.